The minimum absolute atomic E-state index is 0.164. The average Bonchev–Trinajstić information content (AvgIpc) is 3.20. The summed E-state index contributed by atoms with van der Waals surface area (Å²) in [5, 5.41) is 7.67. The van der Waals surface area contributed by atoms with Crippen LogP contribution in [0.1, 0.15) is 11.1 Å². The highest BCUT2D eigenvalue weighted by Gasteiger charge is 2.07. The zero-order valence-electron chi connectivity index (χ0n) is 15.7. The number of nitrogens with zero attached hydrogens (tertiary/aromatic N) is 3. The lowest BCUT2D eigenvalue weighted by atomic mass is 10.1. The summed E-state index contributed by atoms with van der Waals surface area (Å²) in [6.07, 6.45) is 3.13. The maximum atomic E-state index is 12.2. The summed E-state index contributed by atoms with van der Waals surface area (Å²) in [7, 11) is 0. The van der Waals surface area contributed by atoms with Gasteiger partial charge in [0, 0.05) is 23.2 Å². The van der Waals surface area contributed by atoms with Crippen LogP contribution in [-0.4, -0.2) is 27.3 Å². The summed E-state index contributed by atoms with van der Waals surface area (Å²) >= 11 is 0. The molecule has 29 heavy (non-hydrogen) atoms. The van der Waals surface area contributed by atoms with Crippen LogP contribution >= 0.6 is 0 Å². The van der Waals surface area contributed by atoms with Gasteiger partial charge in [-0.1, -0.05) is 12.1 Å². The lowest BCUT2D eigenvalue weighted by molar-refractivity contribution is -0.118. The number of aryl methyl sites for hydroxylation is 1. The van der Waals surface area contributed by atoms with Crippen molar-refractivity contribution in [2.24, 2.45) is 0 Å². The number of hydrogen-bond donors (Lipinski definition) is 1. The van der Waals surface area contributed by atoms with E-state index in [1.165, 1.54) is 12.4 Å². The number of anilines is 1. The highest BCUT2D eigenvalue weighted by atomic mass is 16.5. The van der Waals surface area contributed by atoms with Crippen molar-refractivity contribution in [1.29, 1.82) is 0 Å². The predicted octanol–water partition coefficient (Wildman–Crippen LogP) is 2.76. The Balaban J connectivity index is 1.35. The van der Waals surface area contributed by atoms with Crippen LogP contribution in [0, 0.1) is 6.92 Å². The van der Waals surface area contributed by atoms with Gasteiger partial charge < -0.3 is 14.5 Å². The van der Waals surface area contributed by atoms with Gasteiger partial charge in [-0.3, -0.25) is 4.79 Å². The van der Waals surface area contributed by atoms with Crippen molar-refractivity contribution < 1.29 is 13.9 Å². The van der Waals surface area contributed by atoms with Crippen LogP contribution in [0.2, 0.25) is 0 Å². The molecule has 4 rings (SSSR count). The van der Waals surface area contributed by atoms with E-state index in [0.29, 0.717) is 23.6 Å². The number of benzene rings is 2. The maximum Gasteiger partial charge on any atom is 0.336 e. The largest absolute Gasteiger partial charge is 0.484 e. The molecule has 2 aromatic carbocycles. The Kier molecular flexibility index (Phi) is 5.07. The Bertz CT molecular complexity index is 1200. The minimum atomic E-state index is -0.419. The highest BCUT2D eigenvalue weighted by molar-refractivity contribution is 5.92. The lowest BCUT2D eigenvalue weighted by Gasteiger charge is -2.09. The number of nitrogens with one attached hydrogen (secondary N) is 1. The Morgan fingerprint density at radius 1 is 1.17 bits per heavy atom. The molecule has 1 N–H and O–H groups in total. The van der Waals surface area contributed by atoms with Crippen molar-refractivity contribution in [2.45, 2.75) is 13.5 Å². The molecule has 0 aliphatic carbocycles. The molecule has 0 radical (unpaired) electrons. The van der Waals surface area contributed by atoms with Gasteiger partial charge in [0.25, 0.3) is 5.91 Å². The molecular formula is C21H18N4O4. The van der Waals surface area contributed by atoms with Crippen molar-refractivity contribution in [1.82, 2.24) is 14.8 Å². The predicted molar refractivity (Wildman–Crippen MR) is 107 cm³/mol. The number of rotatable bonds is 6. The Labute approximate surface area is 165 Å². The van der Waals surface area contributed by atoms with Crippen molar-refractivity contribution in [3.05, 3.63) is 82.7 Å². The molecule has 2 heterocycles. The van der Waals surface area contributed by atoms with Gasteiger partial charge in [0.2, 0.25) is 0 Å². The third-order valence-electron chi connectivity index (χ3n) is 4.34. The van der Waals surface area contributed by atoms with E-state index in [1.807, 2.05) is 31.2 Å². The Hall–Kier alpha value is -3.94. The minimum Gasteiger partial charge on any atom is -0.484 e. The third-order valence-corrected chi connectivity index (χ3v) is 4.34. The first-order valence-electron chi connectivity index (χ1n) is 8.95. The third kappa shape index (κ3) is 4.49. The van der Waals surface area contributed by atoms with Crippen molar-refractivity contribution >= 4 is 22.6 Å². The molecule has 0 spiro atoms. The summed E-state index contributed by atoms with van der Waals surface area (Å²) in [6, 6.07) is 14.0. The second kappa shape index (κ2) is 7.97. The average molecular weight is 390 g/mol. The second-order valence-electron chi connectivity index (χ2n) is 6.53. The molecular weight excluding hydrogens is 372 g/mol. The number of carbonyl (C=O) groups is 1. The molecule has 0 saturated carbocycles. The Morgan fingerprint density at radius 2 is 2.00 bits per heavy atom. The van der Waals surface area contributed by atoms with Gasteiger partial charge in [0.1, 0.15) is 24.0 Å². The van der Waals surface area contributed by atoms with E-state index >= 15 is 0 Å². The summed E-state index contributed by atoms with van der Waals surface area (Å²) in [6.45, 7) is 2.28. The van der Waals surface area contributed by atoms with Crippen LogP contribution < -0.4 is 15.7 Å². The molecule has 0 aliphatic heterocycles. The smallest absolute Gasteiger partial charge is 0.336 e. The highest BCUT2D eigenvalue weighted by Crippen LogP contribution is 2.22. The fourth-order valence-corrected chi connectivity index (χ4v) is 2.94. The first kappa shape index (κ1) is 18.4. The van der Waals surface area contributed by atoms with Gasteiger partial charge in [-0.15, -0.1) is 0 Å². The lowest BCUT2D eigenvalue weighted by Crippen LogP contribution is -2.20. The van der Waals surface area contributed by atoms with E-state index < -0.39 is 5.63 Å². The second-order valence-corrected chi connectivity index (χ2v) is 6.53. The van der Waals surface area contributed by atoms with Gasteiger partial charge in [-0.05, 0) is 42.3 Å². The summed E-state index contributed by atoms with van der Waals surface area (Å²) in [5.41, 5.74) is 2.54. The van der Waals surface area contributed by atoms with E-state index in [-0.39, 0.29) is 12.5 Å². The van der Waals surface area contributed by atoms with E-state index in [1.54, 1.807) is 29.2 Å². The van der Waals surface area contributed by atoms with E-state index in [0.717, 1.165) is 16.5 Å². The molecule has 0 saturated heterocycles. The number of hydrogen-bond acceptors (Lipinski definition) is 6. The maximum absolute atomic E-state index is 12.2. The number of aromatic nitrogens is 3. The molecule has 8 nitrogen and oxygen atoms in total. The molecule has 4 aromatic rings. The molecule has 0 fully saturated rings. The normalized spacial score (nSPS) is 10.8. The molecule has 146 valence electrons. The fourth-order valence-electron chi connectivity index (χ4n) is 2.94. The monoisotopic (exact) mass is 390 g/mol. The standard InChI is InChI=1S/C21H18N4O4/c1-14-8-21(27)29-19-9-17(6-7-18(14)19)28-11-20(26)24-16-4-2-15(3-5-16)10-25-13-22-12-23-25/h2-9,12-13H,10-11H2,1H3,(H,24,26). The zero-order valence-corrected chi connectivity index (χ0v) is 15.7. The molecule has 0 aliphatic rings. The van der Waals surface area contributed by atoms with Crippen molar-refractivity contribution in [3.63, 3.8) is 0 Å². The first-order valence-corrected chi connectivity index (χ1v) is 8.95. The first-order chi connectivity index (χ1) is 14.1. The molecule has 2 aromatic heterocycles. The van der Waals surface area contributed by atoms with E-state index in [2.05, 4.69) is 15.4 Å². The van der Waals surface area contributed by atoms with Crippen molar-refractivity contribution in [2.75, 3.05) is 11.9 Å². The summed E-state index contributed by atoms with van der Waals surface area (Å²) in [4.78, 5) is 27.6. The van der Waals surface area contributed by atoms with Crippen LogP contribution in [-0.2, 0) is 11.3 Å². The molecule has 0 atom stereocenters. The molecule has 0 unspecified atom stereocenters. The molecule has 0 bridgehead atoms. The van der Waals surface area contributed by atoms with Crippen molar-refractivity contribution in [3.8, 4) is 5.75 Å². The quantitative estimate of drug-likeness (QED) is 0.508. The van der Waals surface area contributed by atoms with Crippen LogP contribution in [0.5, 0.6) is 5.75 Å². The van der Waals surface area contributed by atoms with Crippen LogP contribution in [0.25, 0.3) is 11.0 Å². The number of fused-ring (bicyclic) bond motifs is 1. The van der Waals surface area contributed by atoms with Crippen LogP contribution in [0.3, 0.4) is 0 Å². The van der Waals surface area contributed by atoms with Crippen LogP contribution in [0.4, 0.5) is 5.69 Å². The number of carbonyl (C=O) groups excluding carboxylic acids is 1. The summed E-state index contributed by atoms with van der Waals surface area (Å²) in [5.74, 6) is 0.157. The topological polar surface area (TPSA) is 99.2 Å². The van der Waals surface area contributed by atoms with E-state index in [4.69, 9.17) is 9.15 Å². The number of amides is 1. The molecule has 8 heteroatoms. The van der Waals surface area contributed by atoms with Crippen LogP contribution in [0.15, 0.2) is 70.4 Å². The zero-order chi connectivity index (χ0) is 20.2. The SMILES string of the molecule is Cc1cc(=O)oc2cc(OCC(=O)Nc3ccc(Cn4cncn4)cc3)ccc12. The van der Waals surface area contributed by atoms with Gasteiger partial charge in [-0.2, -0.15) is 5.10 Å². The number of ether oxygens (including phenoxy) is 1. The van der Waals surface area contributed by atoms with E-state index in [9.17, 15) is 9.59 Å². The van der Waals surface area contributed by atoms with Gasteiger partial charge in [0.05, 0.1) is 6.54 Å². The Morgan fingerprint density at radius 3 is 2.76 bits per heavy atom. The molecule has 1 amide bonds. The fraction of sp³-hybridized carbons (Fsp3) is 0.143. The van der Waals surface area contributed by atoms with Gasteiger partial charge in [-0.25, -0.2) is 14.5 Å². The summed E-state index contributed by atoms with van der Waals surface area (Å²) < 4.78 is 12.4. The van der Waals surface area contributed by atoms with Gasteiger partial charge >= 0.3 is 5.63 Å². The van der Waals surface area contributed by atoms with Gasteiger partial charge in [0.15, 0.2) is 6.61 Å².